The summed E-state index contributed by atoms with van der Waals surface area (Å²) in [4.78, 5) is 29.8. The number of rotatable bonds is 6. The van der Waals surface area contributed by atoms with Gasteiger partial charge in [0.1, 0.15) is 12.2 Å². The molecule has 0 spiro atoms. The van der Waals surface area contributed by atoms with Gasteiger partial charge in [-0.15, -0.1) is 0 Å². The third-order valence-corrected chi connectivity index (χ3v) is 5.84. The molecule has 0 bridgehead atoms. The molecule has 2 aromatic rings. The number of hydrogen-bond acceptors (Lipinski definition) is 5. The van der Waals surface area contributed by atoms with Crippen molar-refractivity contribution in [3.8, 4) is 5.75 Å². The van der Waals surface area contributed by atoms with E-state index in [0.29, 0.717) is 36.0 Å². The molecule has 1 aliphatic rings. The molecular formula is C26H36FN3O4. The molecule has 186 valence electrons. The van der Waals surface area contributed by atoms with Crippen molar-refractivity contribution in [1.82, 2.24) is 9.88 Å². The minimum atomic E-state index is -0.785. The van der Waals surface area contributed by atoms with E-state index in [-0.39, 0.29) is 29.4 Å². The van der Waals surface area contributed by atoms with Gasteiger partial charge >= 0.3 is 6.09 Å². The zero-order valence-electron chi connectivity index (χ0n) is 21.5. The van der Waals surface area contributed by atoms with E-state index in [9.17, 15) is 9.59 Å². The minimum absolute atomic E-state index is 0.0321. The van der Waals surface area contributed by atoms with Crippen molar-refractivity contribution in [1.29, 1.82) is 0 Å². The summed E-state index contributed by atoms with van der Waals surface area (Å²) in [7, 11) is 1.56. The van der Waals surface area contributed by atoms with Crippen molar-refractivity contribution in [3.63, 3.8) is 0 Å². The molecule has 0 saturated carbocycles. The van der Waals surface area contributed by atoms with Crippen LogP contribution in [0, 0.1) is 11.7 Å². The van der Waals surface area contributed by atoms with Crippen LogP contribution >= 0.6 is 0 Å². The lowest BCUT2D eigenvalue weighted by molar-refractivity contribution is 0.0406. The molecule has 1 unspecified atom stereocenters. The summed E-state index contributed by atoms with van der Waals surface area (Å²) in [5.74, 6) is -0.309. The second-order valence-electron chi connectivity index (χ2n) is 10.8. The number of carbonyl (C=O) groups is 1. The molecule has 0 fully saturated rings. The van der Waals surface area contributed by atoms with Gasteiger partial charge in [0.25, 0.3) is 5.56 Å². The Kier molecular flexibility index (Phi) is 7.10. The molecule has 3 rings (SSSR count). The summed E-state index contributed by atoms with van der Waals surface area (Å²) >= 11 is 0. The Bertz CT molecular complexity index is 1190. The number of halogens is 1. The van der Waals surface area contributed by atoms with Crippen LogP contribution in [0.1, 0.15) is 66.0 Å². The second-order valence-corrected chi connectivity index (χ2v) is 10.8. The molecule has 2 heterocycles. The quantitative estimate of drug-likeness (QED) is 0.656. The van der Waals surface area contributed by atoms with Crippen molar-refractivity contribution < 1.29 is 18.7 Å². The maximum absolute atomic E-state index is 15.7. The Morgan fingerprint density at radius 3 is 2.56 bits per heavy atom. The lowest BCUT2D eigenvalue weighted by Gasteiger charge is -2.33. The van der Waals surface area contributed by atoms with Crippen LogP contribution in [0.15, 0.2) is 21.9 Å². The average molecular weight is 474 g/mol. The van der Waals surface area contributed by atoms with E-state index in [1.54, 1.807) is 40.0 Å². The molecular weight excluding hydrogens is 437 g/mol. The lowest BCUT2D eigenvalue weighted by atomic mass is 9.91. The standard InChI is InChI=1S/C26H36FN3O4/c1-15(2)13-26(7,29-24(32)34-25(4,5)6)14-33-19-10-9-18-17-11-12-28-16(3)20(17)23(31)30(8)22(18)21(19)27/h9-10,15H,11-14H2,1-8H3,(H,29,32). The third kappa shape index (κ3) is 5.42. The molecule has 1 aromatic carbocycles. The van der Waals surface area contributed by atoms with Gasteiger partial charge in [-0.25, -0.2) is 9.18 Å². The van der Waals surface area contributed by atoms with Crippen molar-refractivity contribution in [2.24, 2.45) is 18.0 Å². The molecule has 1 aromatic heterocycles. The number of fused-ring (bicyclic) bond motifs is 3. The Morgan fingerprint density at radius 1 is 1.26 bits per heavy atom. The second kappa shape index (κ2) is 9.39. The molecule has 7 nitrogen and oxygen atoms in total. The van der Waals surface area contributed by atoms with Crippen molar-refractivity contribution in [2.75, 3.05) is 13.2 Å². The minimum Gasteiger partial charge on any atom is -0.488 e. The van der Waals surface area contributed by atoms with Gasteiger partial charge in [0, 0.05) is 24.7 Å². The summed E-state index contributed by atoms with van der Waals surface area (Å²) in [5, 5.41) is 3.59. The fourth-order valence-electron chi connectivity index (χ4n) is 4.64. The highest BCUT2D eigenvalue weighted by Gasteiger charge is 2.32. The molecule has 1 N–H and O–H groups in total. The first kappa shape index (κ1) is 25.7. The first-order valence-corrected chi connectivity index (χ1v) is 11.7. The number of nitrogens with zero attached hydrogens (tertiary/aromatic N) is 2. The summed E-state index contributed by atoms with van der Waals surface area (Å²) in [6.07, 6.45) is 0.640. The Morgan fingerprint density at radius 2 is 1.94 bits per heavy atom. The number of alkyl carbamates (subject to hydrolysis) is 1. The number of carbonyl (C=O) groups excluding carboxylic acids is 1. The summed E-state index contributed by atoms with van der Waals surface area (Å²) in [6, 6.07) is 3.39. The maximum atomic E-state index is 15.7. The SMILES string of the molecule is CC1=NCCc2c1c(=O)n(C)c1c(F)c(OCC(C)(CC(C)C)NC(=O)OC(C)(C)C)ccc21. The van der Waals surface area contributed by atoms with Crippen molar-refractivity contribution in [3.05, 3.63) is 39.4 Å². The first-order valence-electron chi connectivity index (χ1n) is 11.7. The van der Waals surface area contributed by atoms with Gasteiger partial charge in [-0.1, -0.05) is 13.8 Å². The van der Waals surface area contributed by atoms with Gasteiger partial charge in [0.05, 0.1) is 16.6 Å². The van der Waals surface area contributed by atoms with Crippen LogP contribution in [0.25, 0.3) is 10.9 Å². The number of aryl methyl sites for hydroxylation is 1. The fourth-order valence-corrected chi connectivity index (χ4v) is 4.64. The van der Waals surface area contributed by atoms with Crippen LogP contribution in [0.4, 0.5) is 9.18 Å². The highest BCUT2D eigenvalue weighted by atomic mass is 19.1. The van der Waals surface area contributed by atoms with Gasteiger partial charge in [-0.2, -0.15) is 0 Å². The normalized spacial score (nSPS) is 15.5. The number of aromatic nitrogens is 1. The monoisotopic (exact) mass is 473 g/mol. The predicted molar refractivity (Wildman–Crippen MR) is 133 cm³/mol. The number of hydrogen-bond donors (Lipinski definition) is 1. The van der Waals surface area contributed by atoms with Gasteiger partial charge in [-0.05, 0) is 71.1 Å². The van der Waals surface area contributed by atoms with Gasteiger partial charge in [-0.3, -0.25) is 9.79 Å². The predicted octanol–water partition coefficient (Wildman–Crippen LogP) is 4.75. The number of aliphatic imine (C=N–C) groups is 1. The topological polar surface area (TPSA) is 81.9 Å². The van der Waals surface area contributed by atoms with Crippen molar-refractivity contribution in [2.45, 2.75) is 72.4 Å². The zero-order chi connectivity index (χ0) is 25.4. The van der Waals surface area contributed by atoms with E-state index in [1.165, 1.54) is 4.57 Å². The van der Waals surface area contributed by atoms with Crippen LogP contribution in [0.2, 0.25) is 0 Å². The number of ether oxygens (including phenoxy) is 2. The zero-order valence-corrected chi connectivity index (χ0v) is 21.5. The summed E-state index contributed by atoms with van der Waals surface area (Å²) in [5.41, 5.74) is 0.584. The Labute approximate surface area is 200 Å². The molecule has 1 amide bonds. The van der Waals surface area contributed by atoms with E-state index in [1.807, 2.05) is 27.7 Å². The van der Waals surface area contributed by atoms with Crippen LogP contribution in [-0.4, -0.2) is 40.7 Å². The molecule has 0 aliphatic carbocycles. The van der Waals surface area contributed by atoms with E-state index >= 15 is 4.39 Å². The maximum Gasteiger partial charge on any atom is 0.408 e. The highest BCUT2D eigenvalue weighted by Crippen LogP contribution is 2.31. The van der Waals surface area contributed by atoms with Gasteiger partial charge in [0.15, 0.2) is 11.6 Å². The van der Waals surface area contributed by atoms with Crippen LogP contribution in [0.5, 0.6) is 5.75 Å². The van der Waals surface area contributed by atoms with Crippen LogP contribution in [0.3, 0.4) is 0 Å². The fraction of sp³-hybridized carbons (Fsp3) is 0.577. The number of pyridine rings is 1. The molecule has 8 heteroatoms. The molecule has 0 saturated heterocycles. The molecule has 34 heavy (non-hydrogen) atoms. The smallest absolute Gasteiger partial charge is 0.408 e. The van der Waals surface area contributed by atoms with E-state index in [0.717, 1.165) is 5.56 Å². The molecule has 1 atom stereocenters. The highest BCUT2D eigenvalue weighted by molar-refractivity contribution is 6.04. The van der Waals surface area contributed by atoms with Gasteiger partial charge in [0.2, 0.25) is 0 Å². The molecule has 0 radical (unpaired) electrons. The van der Waals surface area contributed by atoms with E-state index in [4.69, 9.17) is 9.47 Å². The Hall–Kier alpha value is -2.90. The van der Waals surface area contributed by atoms with Crippen LogP contribution in [-0.2, 0) is 18.2 Å². The summed E-state index contributed by atoms with van der Waals surface area (Å²) < 4.78 is 28.3. The van der Waals surface area contributed by atoms with E-state index in [2.05, 4.69) is 10.3 Å². The number of nitrogens with one attached hydrogen (secondary N) is 1. The molecule has 1 aliphatic heterocycles. The van der Waals surface area contributed by atoms with E-state index < -0.39 is 23.1 Å². The van der Waals surface area contributed by atoms with Crippen LogP contribution < -0.4 is 15.6 Å². The average Bonchev–Trinajstić information content (AvgIpc) is 2.68. The third-order valence-electron chi connectivity index (χ3n) is 5.84. The Balaban J connectivity index is 1.94. The lowest BCUT2D eigenvalue weighted by Crippen LogP contribution is -2.52. The largest absolute Gasteiger partial charge is 0.488 e. The first-order chi connectivity index (χ1) is 15.7. The van der Waals surface area contributed by atoms with Gasteiger partial charge < -0.3 is 19.4 Å². The number of amides is 1. The van der Waals surface area contributed by atoms with Crippen molar-refractivity contribution >= 4 is 22.7 Å². The number of benzene rings is 1. The summed E-state index contributed by atoms with van der Waals surface area (Å²) in [6.45, 7) is 13.7.